The number of carbonyl (C=O) groups excluding carboxylic acids is 3. The summed E-state index contributed by atoms with van der Waals surface area (Å²) in [5, 5.41) is 11.9. The highest BCUT2D eigenvalue weighted by atomic mass is 32.2. The maximum atomic E-state index is 12.4. The quantitative estimate of drug-likeness (QED) is 0.727. The van der Waals surface area contributed by atoms with Gasteiger partial charge in [0.2, 0.25) is 5.91 Å². The first kappa shape index (κ1) is 18.8. The largest absolute Gasteiger partial charge is 0.497 e. The van der Waals surface area contributed by atoms with E-state index in [2.05, 4.69) is 5.32 Å². The molecule has 2 aliphatic rings. The molecule has 2 heterocycles. The van der Waals surface area contributed by atoms with Gasteiger partial charge < -0.3 is 15.2 Å². The van der Waals surface area contributed by atoms with E-state index in [-0.39, 0.29) is 17.5 Å². The second-order valence-corrected chi connectivity index (χ2v) is 7.89. The lowest BCUT2D eigenvalue weighted by Gasteiger charge is -2.18. The van der Waals surface area contributed by atoms with Crippen LogP contribution >= 0.6 is 23.5 Å². The minimum absolute atomic E-state index is 0.268. The number of imide groups is 1. The Morgan fingerprint density at radius 1 is 1.35 bits per heavy atom. The van der Waals surface area contributed by atoms with Gasteiger partial charge >= 0.3 is 0 Å². The van der Waals surface area contributed by atoms with Crippen molar-refractivity contribution in [3.8, 4) is 5.75 Å². The molecule has 2 aliphatic heterocycles. The van der Waals surface area contributed by atoms with Crippen molar-refractivity contribution in [2.75, 3.05) is 25.2 Å². The lowest BCUT2D eigenvalue weighted by Crippen LogP contribution is -2.47. The second-order valence-electron chi connectivity index (χ2n) is 5.82. The summed E-state index contributed by atoms with van der Waals surface area (Å²) in [6.07, 6.45) is 1.01. The van der Waals surface area contributed by atoms with E-state index in [1.165, 1.54) is 0 Å². The normalized spacial score (nSPS) is 24.4. The van der Waals surface area contributed by atoms with E-state index in [1.54, 1.807) is 49.2 Å². The Balaban J connectivity index is 1.64. The van der Waals surface area contributed by atoms with Crippen molar-refractivity contribution >= 4 is 46.7 Å². The molecule has 1 aromatic carbocycles. The number of hydrogen-bond donors (Lipinski definition) is 2. The molecule has 2 atom stereocenters. The maximum absolute atomic E-state index is 12.4. The Hall–Kier alpha value is -1.97. The van der Waals surface area contributed by atoms with Gasteiger partial charge in [0, 0.05) is 11.5 Å². The molecule has 9 heteroatoms. The van der Waals surface area contributed by atoms with Crippen LogP contribution in [0.4, 0.5) is 4.79 Å². The molecule has 138 valence electrons. The number of benzene rings is 1. The lowest BCUT2D eigenvalue weighted by molar-refractivity contribution is -0.129. The molecule has 3 amide bonds. The van der Waals surface area contributed by atoms with Gasteiger partial charge in [0.15, 0.2) is 0 Å². The highest BCUT2D eigenvalue weighted by molar-refractivity contribution is 8.18. The minimum atomic E-state index is -0.603. The van der Waals surface area contributed by atoms with Crippen LogP contribution in [0.3, 0.4) is 0 Å². The molecule has 0 aromatic heterocycles. The van der Waals surface area contributed by atoms with Gasteiger partial charge in [0.1, 0.15) is 12.3 Å². The van der Waals surface area contributed by atoms with E-state index < -0.39 is 23.2 Å². The highest BCUT2D eigenvalue weighted by Gasteiger charge is 2.37. The van der Waals surface area contributed by atoms with Gasteiger partial charge in [-0.3, -0.25) is 19.3 Å². The summed E-state index contributed by atoms with van der Waals surface area (Å²) < 4.78 is 5.08. The van der Waals surface area contributed by atoms with Crippen LogP contribution in [0.15, 0.2) is 29.2 Å². The Bertz CT molecular complexity index is 750. The number of ether oxygens (including phenoxy) is 1. The standard InChI is InChI=1S/C17H18N2O5S2/c1-24-11-4-2-10(3-5-11)6-14-16(22)19(17(23)26-14)7-15(21)18-12-8-25-9-13(12)20/h2-6,12-13,20H,7-9H2,1H3,(H,18,21). The average molecular weight is 394 g/mol. The number of nitrogens with one attached hydrogen (secondary N) is 1. The third-order valence-electron chi connectivity index (χ3n) is 3.99. The molecule has 0 saturated carbocycles. The number of amides is 3. The number of thioether (sulfide) groups is 2. The monoisotopic (exact) mass is 394 g/mol. The fourth-order valence-corrected chi connectivity index (χ4v) is 4.57. The lowest BCUT2D eigenvalue weighted by atomic mass is 10.2. The van der Waals surface area contributed by atoms with Crippen LogP contribution in [0.2, 0.25) is 0 Å². The number of aliphatic hydroxyl groups is 1. The van der Waals surface area contributed by atoms with Gasteiger partial charge in [0.25, 0.3) is 11.1 Å². The van der Waals surface area contributed by atoms with Crippen molar-refractivity contribution in [3.05, 3.63) is 34.7 Å². The van der Waals surface area contributed by atoms with Gasteiger partial charge in [-0.15, -0.1) is 0 Å². The zero-order valence-corrected chi connectivity index (χ0v) is 15.6. The average Bonchev–Trinajstić information content (AvgIpc) is 3.14. The molecule has 0 radical (unpaired) electrons. The van der Waals surface area contributed by atoms with E-state index in [9.17, 15) is 19.5 Å². The summed E-state index contributed by atoms with van der Waals surface area (Å²) in [7, 11) is 1.56. The first-order chi connectivity index (χ1) is 12.5. The molecule has 0 aliphatic carbocycles. The maximum Gasteiger partial charge on any atom is 0.294 e. The zero-order chi connectivity index (χ0) is 18.7. The summed E-state index contributed by atoms with van der Waals surface area (Å²) in [5.41, 5.74) is 0.756. The SMILES string of the molecule is COc1ccc(C=C2SC(=O)N(CC(=O)NC3CSCC3O)C2=O)cc1. The van der Waals surface area contributed by atoms with E-state index in [1.807, 2.05) is 0 Å². The van der Waals surface area contributed by atoms with Crippen molar-refractivity contribution in [1.82, 2.24) is 10.2 Å². The fraction of sp³-hybridized carbons (Fsp3) is 0.353. The van der Waals surface area contributed by atoms with Gasteiger partial charge in [0.05, 0.1) is 24.2 Å². The predicted molar refractivity (Wildman–Crippen MR) is 101 cm³/mol. The number of carbonyl (C=O) groups is 3. The first-order valence-electron chi connectivity index (χ1n) is 7.92. The third kappa shape index (κ3) is 4.22. The van der Waals surface area contributed by atoms with Crippen molar-refractivity contribution < 1.29 is 24.2 Å². The van der Waals surface area contributed by atoms with Crippen LogP contribution in [-0.2, 0) is 9.59 Å². The summed E-state index contributed by atoms with van der Waals surface area (Å²) in [6.45, 7) is -0.349. The van der Waals surface area contributed by atoms with Crippen LogP contribution < -0.4 is 10.1 Å². The number of rotatable bonds is 5. The summed E-state index contributed by atoms with van der Waals surface area (Å²) in [6, 6.07) is 6.72. The molecule has 0 bridgehead atoms. The van der Waals surface area contributed by atoms with Crippen molar-refractivity contribution in [3.63, 3.8) is 0 Å². The van der Waals surface area contributed by atoms with Crippen molar-refractivity contribution in [2.45, 2.75) is 12.1 Å². The van der Waals surface area contributed by atoms with Gasteiger partial charge in [-0.1, -0.05) is 12.1 Å². The van der Waals surface area contributed by atoms with Crippen molar-refractivity contribution in [1.29, 1.82) is 0 Å². The smallest absolute Gasteiger partial charge is 0.294 e. The molecule has 0 spiro atoms. The molecule has 7 nitrogen and oxygen atoms in total. The van der Waals surface area contributed by atoms with Gasteiger partial charge in [-0.2, -0.15) is 11.8 Å². The van der Waals surface area contributed by atoms with Crippen LogP contribution in [0, 0.1) is 0 Å². The second kappa shape index (κ2) is 8.15. The third-order valence-corrected chi connectivity index (χ3v) is 6.07. The number of aliphatic hydroxyl groups excluding tert-OH is 1. The molecule has 1 aromatic rings. The molecular formula is C17H18N2O5S2. The molecule has 26 heavy (non-hydrogen) atoms. The van der Waals surface area contributed by atoms with Crippen LogP contribution in [0.1, 0.15) is 5.56 Å². The minimum Gasteiger partial charge on any atom is -0.497 e. The Kier molecular flexibility index (Phi) is 5.90. The number of nitrogens with zero attached hydrogens (tertiary/aromatic N) is 1. The number of methoxy groups -OCH3 is 1. The first-order valence-corrected chi connectivity index (χ1v) is 9.89. The predicted octanol–water partition coefficient (Wildman–Crippen LogP) is 1.32. The Morgan fingerprint density at radius 2 is 2.08 bits per heavy atom. The fourth-order valence-electron chi connectivity index (χ4n) is 2.56. The van der Waals surface area contributed by atoms with Gasteiger partial charge in [-0.05, 0) is 35.5 Å². The Morgan fingerprint density at radius 3 is 2.69 bits per heavy atom. The van der Waals surface area contributed by atoms with Crippen LogP contribution in [0.25, 0.3) is 6.08 Å². The van der Waals surface area contributed by atoms with Crippen molar-refractivity contribution in [2.24, 2.45) is 0 Å². The zero-order valence-electron chi connectivity index (χ0n) is 14.0. The summed E-state index contributed by atoms with van der Waals surface area (Å²) in [4.78, 5) is 37.8. The van der Waals surface area contributed by atoms with E-state index >= 15 is 0 Å². The van der Waals surface area contributed by atoms with Crippen LogP contribution in [0.5, 0.6) is 5.75 Å². The van der Waals surface area contributed by atoms with E-state index in [0.29, 0.717) is 17.3 Å². The molecule has 2 N–H and O–H groups in total. The molecular weight excluding hydrogens is 376 g/mol. The number of hydrogen-bond acceptors (Lipinski definition) is 7. The summed E-state index contributed by atoms with van der Waals surface area (Å²) in [5.74, 6) is 0.930. The molecule has 3 rings (SSSR count). The Labute approximate surface area is 159 Å². The van der Waals surface area contributed by atoms with E-state index in [0.717, 1.165) is 22.2 Å². The molecule has 2 unspecified atom stereocenters. The summed E-state index contributed by atoms with van der Waals surface area (Å²) >= 11 is 2.35. The van der Waals surface area contributed by atoms with Gasteiger partial charge in [-0.25, -0.2) is 0 Å². The highest BCUT2D eigenvalue weighted by Crippen LogP contribution is 2.32. The topological polar surface area (TPSA) is 95.9 Å². The van der Waals surface area contributed by atoms with E-state index in [4.69, 9.17) is 4.74 Å². The molecule has 2 saturated heterocycles. The van der Waals surface area contributed by atoms with Crippen LogP contribution in [-0.4, -0.2) is 64.4 Å². The molecule has 2 fully saturated rings.